The third kappa shape index (κ3) is 2.48. The van der Waals surface area contributed by atoms with Crippen molar-refractivity contribution in [3.8, 4) is 5.75 Å². The quantitative estimate of drug-likeness (QED) is 0.689. The number of nitrogens with one attached hydrogen (secondary N) is 1. The topological polar surface area (TPSA) is 72.9 Å². The van der Waals surface area contributed by atoms with Crippen molar-refractivity contribution in [1.82, 2.24) is 15.1 Å². The Morgan fingerprint density at radius 3 is 2.70 bits per heavy atom. The van der Waals surface area contributed by atoms with Gasteiger partial charge in [0.15, 0.2) is 0 Å². The zero-order valence-electron chi connectivity index (χ0n) is 18.3. The molecule has 1 aromatic carbocycles. The number of benzene rings is 1. The predicted octanol–water partition coefficient (Wildman–Crippen LogP) is 3.03. The van der Waals surface area contributed by atoms with Gasteiger partial charge in [0.1, 0.15) is 5.75 Å². The minimum absolute atomic E-state index is 0.0276. The van der Waals surface area contributed by atoms with E-state index in [-0.39, 0.29) is 28.8 Å². The molecule has 6 nitrogen and oxygen atoms in total. The van der Waals surface area contributed by atoms with Crippen LogP contribution in [0.1, 0.15) is 57.6 Å². The molecule has 1 unspecified atom stereocenters. The van der Waals surface area contributed by atoms with Gasteiger partial charge in [-0.15, -0.1) is 0 Å². The van der Waals surface area contributed by atoms with Crippen LogP contribution < -0.4 is 5.32 Å². The lowest BCUT2D eigenvalue weighted by Gasteiger charge is -2.61. The number of nitrogens with zero attached hydrogens (tertiary/aromatic N) is 2. The normalized spacial score (nSPS) is 34.6. The Balaban J connectivity index is 1.46. The maximum absolute atomic E-state index is 13.7. The predicted molar refractivity (Wildman–Crippen MR) is 114 cm³/mol. The standard InChI is InChI=1S/C24H33N3O3/c1-22(2)19-14-16-17(6-4-7-18(16)28)23(22,3)10-13-27(19)21(30)26-12-5-8-24(15-26)9-11-25-20(24)29/h4,6-7,19,28H,5,8-15H2,1-3H3,(H,25,29)/t19-,23+,24?/m1/s1. The van der Waals surface area contributed by atoms with Crippen LogP contribution in [0.4, 0.5) is 4.79 Å². The van der Waals surface area contributed by atoms with Gasteiger partial charge in [-0.2, -0.15) is 0 Å². The molecule has 3 aliphatic heterocycles. The lowest BCUT2D eigenvalue weighted by Crippen LogP contribution is -2.67. The van der Waals surface area contributed by atoms with Crippen molar-refractivity contribution in [2.75, 3.05) is 26.2 Å². The number of urea groups is 1. The highest BCUT2D eigenvalue weighted by Crippen LogP contribution is 2.57. The maximum atomic E-state index is 13.7. The number of carbonyl (C=O) groups is 2. The number of rotatable bonds is 0. The summed E-state index contributed by atoms with van der Waals surface area (Å²) >= 11 is 0. The molecule has 5 rings (SSSR count). The molecule has 2 N–H and O–H groups in total. The lowest BCUT2D eigenvalue weighted by molar-refractivity contribution is -0.130. The second-order valence-electron chi connectivity index (χ2n) is 10.6. The van der Waals surface area contributed by atoms with E-state index in [2.05, 4.69) is 32.2 Å². The van der Waals surface area contributed by atoms with Crippen molar-refractivity contribution in [1.29, 1.82) is 0 Å². The molecule has 3 heterocycles. The third-order valence-corrected chi connectivity index (χ3v) is 9.09. The Labute approximate surface area is 178 Å². The van der Waals surface area contributed by atoms with Crippen molar-refractivity contribution in [3.05, 3.63) is 29.3 Å². The van der Waals surface area contributed by atoms with E-state index in [4.69, 9.17) is 0 Å². The molecule has 6 heteroatoms. The summed E-state index contributed by atoms with van der Waals surface area (Å²) in [4.78, 5) is 30.2. The SMILES string of the molecule is CC1(C)[C@H]2Cc3c(O)cccc3[C@]1(C)CCN2C(=O)N1CCCC2(CCNC2=O)C1. The summed E-state index contributed by atoms with van der Waals surface area (Å²) in [5.41, 5.74) is 1.63. The van der Waals surface area contributed by atoms with Crippen molar-refractivity contribution >= 4 is 11.9 Å². The number of phenolic OH excluding ortho intramolecular Hbond substituents is 1. The molecule has 0 aromatic heterocycles. The van der Waals surface area contributed by atoms with Crippen LogP contribution in [0.2, 0.25) is 0 Å². The molecule has 2 bridgehead atoms. The average Bonchev–Trinajstić information content (AvgIpc) is 3.04. The molecular weight excluding hydrogens is 378 g/mol. The number of fused-ring (bicyclic) bond motifs is 4. The fourth-order valence-electron chi connectivity index (χ4n) is 6.74. The first-order valence-corrected chi connectivity index (χ1v) is 11.3. The molecule has 162 valence electrons. The number of likely N-dealkylation sites (tertiary alicyclic amines) is 2. The molecule has 4 aliphatic rings. The van der Waals surface area contributed by atoms with Crippen molar-refractivity contribution in [3.63, 3.8) is 0 Å². The van der Waals surface area contributed by atoms with Crippen LogP contribution in [0.5, 0.6) is 5.75 Å². The highest BCUT2D eigenvalue weighted by Gasteiger charge is 2.58. The second kappa shape index (κ2) is 6.38. The Bertz CT molecular complexity index is 913. The van der Waals surface area contributed by atoms with Crippen LogP contribution in [0, 0.1) is 10.8 Å². The zero-order chi connectivity index (χ0) is 21.3. The van der Waals surface area contributed by atoms with E-state index in [0.717, 1.165) is 37.8 Å². The van der Waals surface area contributed by atoms with Gasteiger partial charge in [0.05, 0.1) is 5.41 Å². The Kier molecular flexibility index (Phi) is 4.19. The summed E-state index contributed by atoms with van der Waals surface area (Å²) in [6, 6.07) is 5.94. The van der Waals surface area contributed by atoms with E-state index in [1.165, 1.54) is 5.56 Å². The molecule has 1 aromatic rings. The van der Waals surface area contributed by atoms with E-state index < -0.39 is 5.41 Å². The van der Waals surface area contributed by atoms with E-state index >= 15 is 0 Å². The number of piperidine rings is 2. The number of aromatic hydroxyl groups is 1. The van der Waals surface area contributed by atoms with E-state index in [0.29, 0.717) is 31.8 Å². The molecule has 30 heavy (non-hydrogen) atoms. The molecule has 0 saturated carbocycles. The highest BCUT2D eigenvalue weighted by atomic mass is 16.3. The lowest BCUT2D eigenvalue weighted by atomic mass is 9.51. The summed E-state index contributed by atoms with van der Waals surface area (Å²) in [5, 5.41) is 13.6. The Morgan fingerprint density at radius 2 is 1.97 bits per heavy atom. The van der Waals surface area contributed by atoms with Crippen LogP contribution in [0.3, 0.4) is 0 Å². The molecule has 3 saturated heterocycles. The monoisotopic (exact) mass is 411 g/mol. The Hall–Kier alpha value is -2.24. The zero-order valence-corrected chi connectivity index (χ0v) is 18.3. The van der Waals surface area contributed by atoms with Gasteiger partial charge in [0, 0.05) is 37.6 Å². The van der Waals surface area contributed by atoms with Gasteiger partial charge < -0.3 is 20.2 Å². The smallest absolute Gasteiger partial charge is 0.320 e. The summed E-state index contributed by atoms with van der Waals surface area (Å²) in [5.74, 6) is 0.455. The first-order chi connectivity index (χ1) is 14.2. The number of carbonyl (C=O) groups excluding carboxylic acids is 2. The van der Waals surface area contributed by atoms with Crippen LogP contribution in [-0.2, 0) is 16.6 Å². The number of hydrogen-bond donors (Lipinski definition) is 2. The van der Waals surface area contributed by atoms with Crippen LogP contribution in [0.15, 0.2) is 18.2 Å². The fraction of sp³-hybridized carbons (Fsp3) is 0.667. The van der Waals surface area contributed by atoms with E-state index in [1.54, 1.807) is 6.07 Å². The van der Waals surface area contributed by atoms with Gasteiger partial charge in [-0.3, -0.25) is 4.79 Å². The first kappa shape index (κ1) is 19.7. The number of phenols is 1. The largest absolute Gasteiger partial charge is 0.508 e. The maximum Gasteiger partial charge on any atom is 0.320 e. The van der Waals surface area contributed by atoms with Gasteiger partial charge in [-0.1, -0.05) is 32.9 Å². The summed E-state index contributed by atoms with van der Waals surface area (Å²) in [6.45, 7) is 9.51. The Morgan fingerprint density at radius 1 is 1.17 bits per heavy atom. The van der Waals surface area contributed by atoms with Gasteiger partial charge in [-0.25, -0.2) is 4.79 Å². The first-order valence-electron chi connectivity index (χ1n) is 11.3. The summed E-state index contributed by atoms with van der Waals surface area (Å²) < 4.78 is 0. The summed E-state index contributed by atoms with van der Waals surface area (Å²) in [7, 11) is 0. The third-order valence-electron chi connectivity index (χ3n) is 9.09. The minimum Gasteiger partial charge on any atom is -0.508 e. The van der Waals surface area contributed by atoms with Crippen LogP contribution >= 0.6 is 0 Å². The van der Waals surface area contributed by atoms with Gasteiger partial charge in [-0.05, 0) is 54.7 Å². The van der Waals surface area contributed by atoms with Gasteiger partial charge in [0.25, 0.3) is 0 Å². The van der Waals surface area contributed by atoms with Gasteiger partial charge >= 0.3 is 6.03 Å². The second-order valence-corrected chi connectivity index (χ2v) is 10.6. The van der Waals surface area contributed by atoms with E-state index in [1.807, 2.05) is 15.9 Å². The molecule has 1 aliphatic carbocycles. The van der Waals surface area contributed by atoms with Crippen molar-refractivity contribution in [2.24, 2.45) is 10.8 Å². The van der Waals surface area contributed by atoms with Crippen molar-refractivity contribution in [2.45, 2.75) is 64.3 Å². The van der Waals surface area contributed by atoms with Crippen LogP contribution in [0.25, 0.3) is 0 Å². The van der Waals surface area contributed by atoms with Gasteiger partial charge in [0.2, 0.25) is 5.91 Å². The van der Waals surface area contributed by atoms with E-state index in [9.17, 15) is 14.7 Å². The number of hydrogen-bond acceptors (Lipinski definition) is 3. The number of amides is 3. The molecule has 3 fully saturated rings. The highest BCUT2D eigenvalue weighted by molar-refractivity contribution is 5.86. The molecule has 3 amide bonds. The fourth-order valence-corrected chi connectivity index (χ4v) is 6.74. The molecular formula is C24H33N3O3. The molecule has 0 radical (unpaired) electrons. The minimum atomic E-state index is -0.398. The molecule has 3 atom stereocenters. The molecule has 1 spiro atoms. The average molecular weight is 412 g/mol. The van der Waals surface area contributed by atoms with Crippen LogP contribution in [-0.4, -0.2) is 59.1 Å². The summed E-state index contributed by atoms with van der Waals surface area (Å²) in [6.07, 6.45) is 4.12. The van der Waals surface area contributed by atoms with Crippen molar-refractivity contribution < 1.29 is 14.7 Å².